The van der Waals surface area contributed by atoms with Gasteiger partial charge in [0.25, 0.3) is 0 Å². The number of para-hydroxylation sites is 2. The molecule has 0 amide bonds. The largest absolute Gasteiger partial charge is 0.495 e. The minimum atomic E-state index is -0.445. The van der Waals surface area contributed by atoms with Gasteiger partial charge in [-0.25, -0.2) is 4.79 Å². The summed E-state index contributed by atoms with van der Waals surface area (Å²) in [5, 5.41) is 7.84. The average molecular weight is 407 g/mol. The van der Waals surface area contributed by atoms with Crippen LogP contribution in [0.5, 0.6) is 5.75 Å². The van der Waals surface area contributed by atoms with Gasteiger partial charge in [0.2, 0.25) is 0 Å². The number of rotatable bonds is 4. The van der Waals surface area contributed by atoms with E-state index in [0.717, 1.165) is 21.5 Å². The fourth-order valence-corrected chi connectivity index (χ4v) is 4.09. The average Bonchev–Trinajstić information content (AvgIpc) is 2.97. The second-order valence-electron chi connectivity index (χ2n) is 5.23. The van der Waals surface area contributed by atoms with Gasteiger partial charge in [-0.1, -0.05) is 23.7 Å². The van der Waals surface area contributed by atoms with E-state index in [-0.39, 0.29) is 0 Å². The summed E-state index contributed by atoms with van der Waals surface area (Å²) in [6.07, 6.45) is 0. The minimum absolute atomic E-state index is 0.385. The molecule has 1 heterocycles. The van der Waals surface area contributed by atoms with E-state index < -0.39 is 5.97 Å². The third-order valence-corrected chi connectivity index (χ3v) is 5.45. The van der Waals surface area contributed by atoms with Crippen molar-refractivity contribution < 1.29 is 14.3 Å². The highest BCUT2D eigenvalue weighted by atomic mass is 35.5. The van der Waals surface area contributed by atoms with Crippen LogP contribution in [0, 0.1) is 0 Å². The molecule has 0 atom stereocenters. The number of carbonyl (C=O) groups excluding carboxylic acids is 1. The van der Waals surface area contributed by atoms with Crippen LogP contribution in [0.2, 0.25) is 5.02 Å². The molecule has 0 saturated carbocycles. The Hall–Kier alpha value is -2.35. The predicted molar refractivity (Wildman–Crippen MR) is 111 cm³/mol. The number of esters is 1. The standard InChI is InChI=1S/C18H15ClN2O3S2/c1-23-13-6-4-3-5-12(13)21-18(25)20-10-7-8-11-14(9-10)26-16(15(11)19)17(22)24-2/h3-9H,1-2H3,(H2,20,21,25). The highest BCUT2D eigenvalue weighted by Crippen LogP contribution is 2.37. The molecule has 3 aromatic rings. The Morgan fingerprint density at radius 2 is 1.92 bits per heavy atom. The molecule has 5 nitrogen and oxygen atoms in total. The molecule has 2 aromatic carbocycles. The molecule has 0 aliphatic heterocycles. The van der Waals surface area contributed by atoms with Crippen LogP contribution < -0.4 is 15.4 Å². The number of carbonyl (C=O) groups is 1. The second-order valence-corrected chi connectivity index (χ2v) is 7.07. The highest BCUT2D eigenvalue weighted by Gasteiger charge is 2.17. The lowest BCUT2D eigenvalue weighted by molar-refractivity contribution is 0.0606. The topological polar surface area (TPSA) is 59.6 Å². The van der Waals surface area contributed by atoms with E-state index in [9.17, 15) is 4.79 Å². The van der Waals surface area contributed by atoms with Crippen molar-refractivity contribution in [2.75, 3.05) is 24.9 Å². The van der Waals surface area contributed by atoms with Gasteiger partial charge in [-0.3, -0.25) is 0 Å². The van der Waals surface area contributed by atoms with Crippen LogP contribution in [0.4, 0.5) is 11.4 Å². The Bertz CT molecular complexity index is 988. The van der Waals surface area contributed by atoms with Crippen molar-refractivity contribution in [3.63, 3.8) is 0 Å². The Morgan fingerprint density at radius 1 is 1.15 bits per heavy atom. The van der Waals surface area contributed by atoms with E-state index in [0.29, 0.717) is 20.8 Å². The lowest BCUT2D eigenvalue weighted by Crippen LogP contribution is -2.19. The number of thiocarbonyl (C=S) groups is 1. The molecule has 8 heteroatoms. The molecule has 26 heavy (non-hydrogen) atoms. The maximum absolute atomic E-state index is 11.8. The Labute approximate surface area is 164 Å². The zero-order valence-corrected chi connectivity index (χ0v) is 16.3. The van der Waals surface area contributed by atoms with Crippen LogP contribution in [-0.4, -0.2) is 25.3 Å². The van der Waals surface area contributed by atoms with E-state index in [2.05, 4.69) is 10.6 Å². The number of anilines is 2. The van der Waals surface area contributed by atoms with Gasteiger partial charge in [0.05, 0.1) is 24.9 Å². The van der Waals surface area contributed by atoms with Crippen molar-refractivity contribution >= 4 is 67.7 Å². The van der Waals surface area contributed by atoms with E-state index in [1.54, 1.807) is 7.11 Å². The number of benzene rings is 2. The predicted octanol–water partition coefficient (Wildman–Crippen LogP) is 5.16. The Kier molecular flexibility index (Phi) is 5.61. The summed E-state index contributed by atoms with van der Waals surface area (Å²) < 4.78 is 10.9. The van der Waals surface area contributed by atoms with Gasteiger partial charge in [0.15, 0.2) is 5.11 Å². The molecule has 0 fully saturated rings. The molecular formula is C18H15ClN2O3S2. The molecule has 0 bridgehead atoms. The normalized spacial score (nSPS) is 10.4. The first kappa shape index (κ1) is 18.4. The SMILES string of the molecule is COC(=O)c1sc2cc(NC(=S)Nc3ccccc3OC)ccc2c1Cl. The Balaban J connectivity index is 1.80. The number of thiophene rings is 1. The van der Waals surface area contributed by atoms with Gasteiger partial charge < -0.3 is 20.1 Å². The molecule has 0 spiro atoms. The first-order valence-corrected chi connectivity index (χ1v) is 9.15. The van der Waals surface area contributed by atoms with Crippen LogP contribution in [0.15, 0.2) is 42.5 Å². The summed E-state index contributed by atoms with van der Waals surface area (Å²) in [6.45, 7) is 0. The van der Waals surface area contributed by atoms with Crippen LogP contribution >= 0.6 is 35.2 Å². The summed E-state index contributed by atoms with van der Waals surface area (Å²) in [5.41, 5.74) is 1.54. The maximum Gasteiger partial charge on any atom is 0.349 e. The third-order valence-electron chi connectivity index (χ3n) is 3.61. The van der Waals surface area contributed by atoms with Crippen molar-refractivity contribution in [2.24, 2.45) is 0 Å². The van der Waals surface area contributed by atoms with Crippen LogP contribution in [0.1, 0.15) is 9.67 Å². The van der Waals surface area contributed by atoms with Crippen LogP contribution in [0.25, 0.3) is 10.1 Å². The number of fused-ring (bicyclic) bond motifs is 1. The second kappa shape index (κ2) is 7.90. The number of nitrogens with one attached hydrogen (secondary N) is 2. The van der Waals surface area contributed by atoms with E-state index in [1.165, 1.54) is 18.4 Å². The van der Waals surface area contributed by atoms with Crippen LogP contribution in [-0.2, 0) is 4.74 Å². The first-order chi connectivity index (χ1) is 12.5. The van der Waals surface area contributed by atoms with Gasteiger partial charge in [-0.05, 0) is 42.5 Å². The molecule has 2 N–H and O–H groups in total. The smallest absolute Gasteiger partial charge is 0.349 e. The third kappa shape index (κ3) is 3.75. The number of ether oxygens (including phenoxy) is 2. The van der Waals surface area contributed by atoms with Crippen LogP contribution in [0.3, 0.4) is 0 Å². The van der Waals surface area contributed by atoms with Crippen molar-refractivity contribution in [3.05, 3.63) is 52.4 Å². The number of hydrogen-bond donors (Lipinski definition) is 2. The molecule has 1 aromatic heterocycles. The van der Waals surface area contributed by atoms with Gasteiger partial charge in [0, 0.05) is 15.8 Å². The summed E-state index contributed by atoms with van der Waals surface area (Å²) in [7, 11) is 2.93. The number of halogens is 1. The Morgan fingerprint density at radius 3 is 2.65 bits per heavy atom. The first-order valence-electron chi connectivity index (χ1n) is 7.55. The van der Waals surface area contributed by atoms with Crippen molar-refractivity contribution in [1.82, 2.24) is 0 Å². The maximum atomic E-state index is 11.8. The van der Waals surface area contributed by atoms with Crippen molar-refractivity contribution in [2.45, 2.75) is 0 Å². The van der Waals surface area contributed by atoms with E-state index in [1.807, 2.05) is 42.5 Å². The van der Waals surface area contributed by atoms with Gasteiger partial charge in [-0.15, -0.1) is 11.3 Å². The summed E-state index contributed by atoms with van der Waals surface area (Å²) in [4.78, 5) is 12.2. The van der Waals surface area contributed by atoms with E-state index >= 15 is 0 Å². The summed E-state index contributed by atoms with van der Waals surface area (Å²) in [6, 6.07) is 13.1. The van der Waals surface area contributed by atoms with Gasteiger partial charge in [-0.2, -0.15) is 0 Å². The molecule has 0 saturated heterocycles. The lowest BCUT2D eigenvalue weighted by Gasteiger charge is -2.13. The van der Waals surface area contributed by atoms with Crippen molar-refractivity contribution in [3.8, 4) is 5.75 Å². The molecular weight excluding hydrogens is 392 g/mol. The summed E-state index contributed by atoms with van der Waals surface area (Å²) in [5.74, 6) is 0.249. The molecule has 0 radical (unpaired) electrons. The van der Waals surface area contributed by atoms with Gasteiger partial charge in [0.1, 0.15) is 10.6 Å². The zero-order valence-electron chi connectivity index (χ0n) is 14.0. The zero-order chi connectivity index (χ0) is 18.7. The molecule has 0 unspecified atom stereocenters. The molecule has 3 rings (SSSR count). The van der Waals surface area contributed by atoms with E-state index in [4.69, 9.17) is 33.3 Å². The quantitative estimate of drug-likeness (QED) is 0.461. The highest BCUT2D eigenvalue weighted by molar-refractivity contribution is 7.80. The lowest BCUT2D eigenvalue weighted by atomic mass is 10.2. The fourth-order valence-electron chi connectivity index (χ4n) is 2.40. The number of hydrogen-bond acceptors (Lipinski definition) is 5. The van der Waals surface area contributed by atoms with Gasteiger partial charge >= 0.3 is 5.97 Å². The summed E-state index contributed by atoms with van der Waals surface area (Å²) >= 11 is 12.9. The minimum Gasteiger partial charge on any atom is -0.495 e. The molecule has 0 aliphatic carbocycles. The monoisotopic (exact) mass is 406 g/mol. The fraction of sp³-hybridized carbons (Fsp3) is 0.111. The van der Waals surface area contributed by atoms with Crippen molar-refractivity contribution in [1.29, 1.82) is 0 Å². The molecule has 134 valence electrons. The number of methoxy groups -OCH3 is 2. The molecule has 0 aliphatic rings.